The van der Waals surface area contributed by atoms with E-state index in [1.165, 1.54) is 22.7 Å². The predicted molar refractivity (Wildman–Crippen MR) is 79.5 cm³/mol. The van der Waals surface area contributed by atoms with Crippen LogP contribution < -0.4 is 16.2 Å². The highest BCUT2D eigenvalue weighted by molar-refractivity contribution is 7.88. The minimum atomic E-state index is -3.20. The van der Waals surface area contributed by atoms with Gasteiger partial charge in [-0.05, 0) is 6.07 Å². The number of nitro groups is 1. The van der Waals surface area contributed by atoms with Crippen molar-refractivity contribution in [3.63, 3.8) is 0 Å². The average molecular weight is 315 g/mol. The Kier molecular flexibility index (Phi) is 4.30. The van der Waals surface area contributed by atoms with Gasteiger partial charge in [0.1, 0.15) is 0 Å². The Labute approximate surface area is 122 Å². The number of nitrogens with one attached hydrogen (secondary N) is 1. The second-order valence-corrected chi connectivity index (χ2v) is 6.77. The lowest BCUT2D eigenvalue weighted by molar-refractivity contribution is -0.384. The minimum Gasteiger partial charge on any atom is -0.369 e. The quantitative estimate of drug-likeness (QED) is 0.454. The number of nitrogens with two attached hydrogens (primary N) is 1. The molecule has 1 heterocycles. The fraction of sp³-hybridized carbons (Fsp3) is 0.455. The average Bonchev–Trinajstić information content (AvgIpc) is 2.46. The topological polar surface area (TPSA) is 122 Å². The van der Waals surface area contributed by atoms with Crippen molar-refractivity contribution in [1.29, 1.82) is 0 Å². The summed E-state index contributed by atoms with van der Waals surface area (Å²) in [4.78, 5) is 12.3. The third-order valence-electron chi connectivity index (χ3n) is 3.35. The molecule has 0 radical (unpaired) electrons. The van der Waals surface area contributed by atoms with E-state index in [9.17, 15) is 18.5 Å². The molecule has 0 atom stereocenters. The summed E-state index contributed by atoms with van der Waals surface area (Å²) >= 11 is 0. The van der Waals surface area contributed by atoms with E-state index in [1.54, 1.807) is 6.07 Å². The van der Waals surface area contributed by atoms with E-state index in [1.807, 2.05) is 4.90 Å². The first kappa shape index (κ1) is 15.5. The number of anilines is 2. The van der Waals surface area contributed by atoms with Gasteiger partial charge in [0.05, 0.1) is 16.9 Å². The molecule has 1 aliphatic heterocycles. The number of nitrogen functional groups attached to an aromatic ring is 1. The van der Waals surface area contributed by atoms with Gasteiger partial charge in [0.25, 0.3) is 5.69 Å². The number of hydrogen-bond donors (Lipinski definition) is 2. The number of rotatable bonds is 4. The van der Waals surface area contributed by atoms with Crippen LogP contribution in [0, 0.1) is 10.1 Å². The molecule has 21 heavy (non-hydrogen) atoms. The number of hydrogen-bond acceptors (Lipinski definition) is 7. The van der Waals surface area contributed by atoms with E-state index in [-0.39, 0.29) is 5.69 Å². The molecule has 0 spiro atoms. The zero-order chi connectivity index (χ0) is 15.6. The normalized spacial score (nSPS) is 16.8. The predicted octanol–water partition coefficient (Wildman–Crippen LogP) is -0.0380. The van der Waals surface area contributed by atoms with Crippen molar-refractivity contribution in [2.45, 2.75) is 0 Å². The van der Waals surface area contributed by atoms with E-state index in [4.69, 9.17) is 5.84 Å². The molecule has 1 fully saturated rings. The number of hydrazine groups is 1. The first-order valence-electron chi connectivity index (χ1n) is 6.27. The lowest BCUT2D eigenvalue weighted by Crippen LogP contribution is -2.48. The molecule has 3 N–H and O–H groups in total. The van der Waals surface area contributed by atoms with Crippen LogP contribution in [0.25, 0.3) is 0 Å². The van der Waals surface area contributed by atoms with Gasteiger partial charge in [-0.25, -0.2) is 8.42 Å². The molecule has 0 aromatic heterocycles. The molecule has 0 aliphatic carbocycles. The molecule has 1 saturated heterocycles. The van der Waals surface area contributed by atoms with Gasteiger partial charge in [0, 0.05) is 44.0 Å². The number of nitrogens with zero attached hydrogens (tertiary/aromatic N) is 3. The summed E-state index contributed by atoms with van der Waals surface area (Å²) < 4.78 is 24.3. The van der Waals surface area contributed by atoms with Gasteiger partial charge < -0.3 is 10.3 Å². The molecule has 1 aliphatic rings. The van der Waals surface area contributed by atoms with Crippen molar-refractivity contribution in [2.75, 3.05) is 42.8 Å². The van der Waals surface area contributed by atoms with E-state index in [0.717, 1.165) is 0 Å². The molecular weight excluding hydrogens is 298 g/mol. The monoisotopic (exact) mass is 315 g/mol. The van der Waals surface area contributed by atoms with Crippen LogP contribution in [0.1, 0.15) is 0 Å². The number of benzene rings is 1. The summed E-state index contributed by atoms with van der Waals surface area (Å²) in [6.45, 7) is 1.65. The van der Waals surface area contributed by atoms with Gasteiger partial charge in [-0.2, -0.15) is 4.31 Å². The molecular formula is C11H17N5O4S. The van der Waals surface area contributed by atoms with Crippen LogP contribution in [0.5, 0.6) is 0 Å². The smallest absolute Gasteiger partial charge is 0.273 e. The van der Waals surface area contributed by atoms with Crippen LogP contribution >= 0.6 is 0 Å². The van der Waals surface area contributed by atoms with E-state index < -0.39 is 14.9 Å². The highest BCUT2D eigenvalue weighted by Crippen LogP contribution is 2.27. The van der Waals surface area contributed by atoms with Crippen LogP contribution in [0.15, 0.2) is 18.2 Å². The van der Waals surface area contributed by atoms with Crippen molar-refractivity contribution >= 4 is 27.1 Å². The summed E-state index contributed by atoms with van der Waals surface area (Å²) in [5, 5.41) is 10.9. The second kappa shape index (κ2) is 5.84. The highest BCUT2D eigenvalue weighted by atomic mass is 32.2. The number of nitro benzene ring substituents is 1. The van der Waals surface area contributed by atoms with Crippen molar-refractivity contribution in [3.8, 4) is 0 Å². The molecule has 2 rings (SSSR count). The molecule has 0 amide bonds. The standard InChI is InChI=1S/C11H17N5O4S/c1-21(19,20)15-4-2-14(3-5-15)10-6-9(13-12)7-11(8-10)16(17)18/h6-8,13H,2-5,12H2,1H3. The van der Waals surface area contributed by atoms with Crippen molar-refractivity contribution in [3.05, 3.63) is 28.3 Å². The first-order valence-corrected chi connectivity index (χ1v) is 8.12. The Morgan fingerprint density at radius 1 is 1.24 bits per heavy atom. The summed E-state index contributed by atoms with van der Waals surface area (Å²) in [5.74, 6) is 5.32. The van der Waals surface area contributed by atoms with Gasteiger partial charge in [0.15, 0.2) is 0 Å². The summed E-state index contributed by atoms with van der Waals surface area (Å²) in [5.41, 5.74) is 3.41. The van der Waals surface area contributed by atoms with Gasteiger partial charge >= 0.3 is 0 Å². The van der Waals surface area contributed by atoms with Crippen LogP contribution in [0.4, 0.5) is 17.1 Å². The van der Waals surface area contributed by atoms with Crippen LogP contribution in [-0.2, 0) is 10.0 Å². The maximum atomic E-state index is 11.5. The number of non-ortho nitro benzene ring substituents is 1. The van der Waals surface area contributed by atoms with Crippen molar-refractivity contribution in [1.82, 2.24) is 4.31 Å². The van der Waals surface area contributed by atoms with Gasteiger partial charge in [-0.1, -0.05) is 0 Å². The fourth-order valence-corrected chi connectivity index (χ4v) is 3.07. The number of sulfonamides is 1. The van der Waals surface area contributed by atoms with E-state index in [2.05, 4.69) is 5.43 Å². The van der Waals surface area contributed by atoms with Crippen LogP contribution in [0.2, 0.25) is 0 Å². The third kappa shape index (κ3) is 3.60. The molecule has 0 saturated carbocycles. The van der Waals surface area contributed by atoms with Crippen LogP contribution in [-0.4, -0.2) is 50.1 Å². The fourth-order valence-electron chi connectivity index (χ4n) is 2.24. The largest absolute Gasteiger partial charge is 0.369 e. The Morgan fingerprint density at radius 2 is 1.86 bits per heavy atom. The SMILES string of the molecule is CS(=O)(=O)N1CCN(c2cc(NN)cc([N+](=O)[O-])c2)CC1. The van der Waals surface area contributed by atoms with Crippen molar-refractivity contribution < 1.29 is 13.3 Å². The van der Waals surface area contributed by atoms with E-state index >= 15 is 0 Å². The van der Waals surface area contributed by atoms with E-state index in [0.29, 0.717) is 37.6 Å². The Hall–Kier alpha value is -1.91. The maximum absolute atomic E-state index is 11.5. The molecule has 0 bridgehead atoms. The highest BCUT2D eigenvalue weighted by Gasteiger charge is 2.24. The molecule has 10 heteroatoms. The first-order chi connectivity index (χ1) is 9.81. The third-order valence-corrected chi connectivity index (χ3v) is 4.66. The summed E-state index contributed by atoms with van der Waals surface area (Å²) in [7, 11) is -3.20. The zero-order valence-corrected chi connectivity index (χ0v) is 12.3. The molecule has 116 valence electrons. The Bertz CT molecular complexity index is 640. The van der Waals surface area contributed by atoms with Gasteiger partial charge in [-0.3, -0.25) is 16.0 Å². The lowest BCUT2D eigenvalue weighted by Gasteiger charge is -2.34. The molecule has 1 aromatic carbocycles. The second-order valence-electron chi connectivity index (χ2n) is 4.79. The lowest BCUT2D eigenvalue weighted by atomic mass is 10.2. The zero-order valence-electron chi connectivity index (χ0n) is 11.5. The molecule has 1 aromatic rings. The summed E-state index contributed by atoms with van der Waals surface area (Å²) in [6, 6.07) is 4.50. The van der Waals surface area contributed by atoms with Crippen LogP contribution in [0.3, 0.4) is 0 Å². The molecule has 9 nitrogen and oxygen atoms in total. The maximum Gasteiger partial charge on any atom is 0.273 e. The van der Waals surface area contributed by atoms with Gasteiger partial charge in [0.2, 0.25) is 10.0 Å². The summed E-state index contributed by atoms with van der Waals surface area (Å²) in [6.07, 6.45) is 1.17. The Balaban J connectivity index is 2.20. The van der Waals surface area contributed by atoms with Gasteiger partial charge in [-0.15, -0.1) is 0 Å². The Morgan fingerprint density at radius 3 is 2.33 bits per heavy atom. The molecule has 0 unspecified atom stereocenters. The minimum absolute atomic E-state index is 0.0639. The van der Waals surface area contributed by atoms with Crippen molar-refractivity contribution in [2.24, 2.45) is 5.84 Å². The number of piperazine rings is 1.